The zero-order valence-electron chi connectivity index (χ0n) is 16.2. The molecule has 11 heteroatoms. The highest BCUT2D eigenvalue weighted by Gasteiger charge is 2.51. The maximum atomic E-state index is 10.8. The Labute approximate surface area is 183 Å². The molecule has 3 aliphatic heterocycles. The molecule has 1 fully saturated rings. The second kappa shape index (κ2) is 8.97. The van der Waals surface area contributed by atoms with Crippen molar-refractivity contribution in [2.75, 3.05) is 13.3 Å². The summed E-state index contributed by atoms with van der Waals surface area (Å²) in [5, 5.41) is 35.9. The molecular formula is C19H24Cl2N4O5. The molecular weight excluding hydrogens is 435 g/mol. The first-order chi connectivity index (χ1) is 14.4. The standard InChI is InChI=1S/C19H24Cl2N4O5/c1-2-29-24-17-10-5-6-25(18(10)23-8-22-17)19-15(28)14(27)16(30-19)13(26)9-3-4-11(20)12(21)7-9/h3-7,10,13-16,18-19,23,26-28H,2,8H2,1H3,(H,22,24)/t10?,13-,14+,15-,16-,18?,19-/m1/s1. The van der Waals surface area contributed by atoms with Crippen LogP contribution in [-0.4, -0.2) is 70.0 Å². The van der Waals surface area contributed by atoms with Gasteiger partial charge < -0.3 is 25.0 Å². The van der Waals surface area contributed by atoms with E-state index in [0.717, 1.165) is 0 Å². The van der Waals surface area contributed by atoms with E-state index in [1.807, 2.05) is 13.0 Å². The number of fused-ring (bicyclic) bond motifs is 1. The van der Waals surface area contributed by atoms with Crippen LogP contribution >= 0.6 is 23.2 Å². The molecule has 1 aromatic rings. The number of ether oxygens (including phenoxy) is 1. The lowest BCUT2D eigenvalue weighted by Crippen LogP contribution is -2.57. The highest BCUT2D eigenvalue weighted by Crippen LogP contribution is 2.37. The van der Waals surface area contributed by atoms with Crippen LogP contribution in [0, 0.1) is 5.92 Å². The molecule has 5 N–H and O–H groups in total. The number of benzene rings is 1. The number of rotatable bonds is 5. The van der Waals surface area contributed by atoms with Gasteiger partial charge in [-0.25, -0.2) is 0 Å². The molecule has 2 unspecified atom stereocenters. The molecule has 0 radical (unpaired) electrons. The quantitative estimate of drug-likeness (QED) is 0.410. The Morgan fingerprint density at radius 2 is 2.13 bits per heavy atom. The van der Waals surface area contributed by atoms with Gasteiger partial charge in [-0.1, -0.05) is 35.3 Å². The number of aliphatic hydroxyl groups excluding tert-OH is 3. The summed E-state index contributed by atoms with van der Waals surface area (Å²) in [6.45, 7) is 2.71. The maximum absolute atomic E-state index is 10.8. The molecule has 164 valence electrons. The van der Waals surface area contributed by atoms with Gasteiger partial charge in [-0.3, -0.25) is 20.6 Å². The molecule has 1 saturated heterocycles. The fraction of sp³-hybridized carbons (Fsp3) is 0.526. The van der Waals surface area contributed by atoms with E-state index >= 15 is 0 Å². The van der Waals surface area contributed by atoms with Crippen LogP contribution in [0.5, 0.6) is 0 Å². The zero-order chi connectivity index (χ0) is 21.4. The van der Waals surface area contributed by atoms with E-state index in [-0.39, 0.29) is 17.1 Å². The second-order valence-electron chi connectivity index (χ2n) is 7.29. The molecule has 4 rings (SSSR count). The van der Waals surface area contributed by atoms with Crippen molar-refractivity contribution in [3.8, 4) is 0 Å². The van der Waals surface area contributed by atoms with Crippen LogP contribution in [0.2, 0.25) is 10.0 Å². The summed E-state index contributed by atoms with van der Waals surface area (Å²) in [6, 6.07) is 4.68. The number of hydrogen-bond acceptors (Lipinski definition) is 9. The minimum absolute atomic E-state index is 0.141. The Kier molecular flexibility index (Phi) is 6.52. The number of hydroxylamine groups is 1. The van der Waals surface area contributed by atoms with Crippen molar-refractivity contribution in [2.45, 2.75) is 43.7 Å². The predicted octanol–water partition coefficient (Wildman–Crippen LogP) is 0.745. The normalized spacial score (nSPS) is 34.1. The molecule has 0 aromatic heterocycles. The molecule has 1 aromatic carbocycles. The van der Waals surface area contributed by atoms with Crippen LogP contribution in [0.15, 0.2) is 35.5 Å². The van der Waals surface area contributed by atoms with Crippen LogP contribution in [-0.2, 0) is 9.57 Å². The lowest BCUT2D eigenvalue weighted by Gasteiger charge is -2.37. The van der Waals surface area contributed by atoms with Crippen molar-refractivity contribution < 1.29 is 24.9 Å². The summed E-state index contributed by atoms with van der Waals surface area (Å²) in [5.74, 6) is 0.525. The number of nitrogens with zero attached hydrogens (tertiary/aromatic N) is 2. The Balaban J connectivity index is 1.49. The zero-order valence-corrected chi connectivity index (χ0v) is 17.7. The molecule has 3 aliphatic rings. The number of aliphatic hydroxyl groups is 3. The average Bonchev–Trinajstić information content (AvgIpc) is 3.30. The van der Waals surface area contributed by atoms with E-state index in [2.05, 4.69) is 15.8 Å². The first kappa shape index (κ1) is 21.8. The first-order valence-electron chi connectivity index (χ1n) is 9.68. The maximum Gasteiger partial charge on any atom is 0.160 e. The summed E-state index contributed by atoms with van der Waals surface area (Å²) in [7, 11) is 0. The average molecular weight is 459 g/mol. The summed E-state index contributed by atoms with van der Waals surface area (Å²) < 4.78 is 5.94. The monoisotopic (exact) mass is 458 g/mol. The Hall–Kier alpha value is -1.43. The second-order valence-corrected chi connectivity index (χ2v) is 8.11. The number of halogens is 2. The molecule has 30 heavy (non-hydrogen) atoms. The largest absolute Gasteiger partial charge is 0.387 e. The molecule has 0 aliphatic carbocycles. The van der Waals surface area contributed by atoms with Gasteiger partial charge in [-0.2, -0.15) is 0 Å². The number of nitrogens with one attached hydrogen (secondary N) is 2. The van der Waals surface area contributed by atoms with E-state index in [4.69, 9.17) is 32.8 Å². The van der Waals surface area contributed by atoms with Gasteiger partial charge in [0.15, 0.2) is 6.23 Å². The van der Waals surface area contributed by atoms with Crippen LogP contribution < -0.4 is 10.8 Å². The third-order valence-electron chi connectivity index (χ3n) is 5.48. The van der Waals surface area contributed by atoms with E-state index in [0.29, 0.717) is 29.7 Å². The highest BCUT2D eigenvalue weighted by atomic mass is 35.5. The van der Waals surface area contributed by atoms with Crippen LogP contribution in [0.4, 0.5) is 0 Å². The summed E-state index contributed by atoms with van der Waals surface area (Å²) in [6.07, 6.45) is -2.21. The third-order valence-corrected chi connectivity index (χ3v) is 6.22. The summed E-state index contributed by atoms with van der Waals surface area (Å²) in [4.78, 5) is 11.4. The molecule has 0 bridgehead atoms. The topological polar surface area (TPSA) is 119 Å². The minimum Gasteiger partial charge on any atom is -0.387 e. The number of aliphatic imine (C=N–C) groups is 1. The van der Waals surface area contributed by atoms with Gasteiger partial charge in [0, 0.05) is 6.20 Å². The molecule has 3 heterocycles. The van der Waals surface area contributed by atoms with E-state index < -0.39 is 30.6 Å². The highest BCUT2D eigenvalue weighted by molar-refractivity contribution is 6.42. The Morgan fingerprint density at radius 3 is 2.87 bits per heavy atom. The number of hydrogen-bond donors (Lipinski definition) is 5. The van der Waals surface area contributed by atoms with E-state index in [1.54, 1.807) is 23.2 Å². The summed E-state index contributed by atoms with van der Waals surface area (Å²) >= 11 is 12.0. The Bertz CT molecular complexity index is 841. The van der Waals surface area contributed by atoms with Crippen LogP contribution in [0.1, 0.15) is 18.6 Å². The van der Waals surface area contributed by atoms with E-state index in [9.17, 15) is 15.3 Å². The molecule has 7 atom stereocenters. The van der Waals surface area contributed by atoms with Crippen molar-refractivity contribution in [1.82, 2.24) is 15.7 Å². The fourth-order valence-corrected chi connectivity index (χ4v) is 4.25. The Morgan fingerprint density at radius 1 is 1.33 bits per heavy atom. The van der Waals surface area contributed by atoms with Crippen LogP contribution in [0.25, 0.3) is 0 Å². The molecule has 0 spiro atoms. The molecule has 0 saturated carbocycles. The fourth-order valence-electron chi connectivity index (χ4n) is 3.95. The van der Waals surface area contributed by atoms with Gasteiger partial charge in [-0.15, -0.1) is 0 Å². The van der Waals surface area contributed by atoms with Gasteiger partial charge in [0.1, 0.15) is 30.3 Å². The lowest BCUT2D eigenvalue weighted by molar-refractivity contribution is -0.114. The third kappa shape index (κ3) is 3.92. The van der Waals surface area contributed by atoms with Crippen molar-refractivity contribution in [3.63, 3.8) is 0 Å². The predicted molar refractivity (Wildman–Crippen MR) is 111 cm³/mol. The SMILES string of the molecule is CCONC1=NCNC2C1C=CN2[C@@H]1O[C@H]([C@H](O)c2ccc(Cl)c(Cl)c2)[C@@H](O)[C@H]1O. The van der Waals surface area contributed by atoms with Crippen molar-refractivity contribution in [2.24, 2.45) is 10.9 Å². The minimum atomic E-state index is -1.30. The molecule has 0 amide bonds. The van der Waals surface area contributed by atoms with Crippen molar-refractivity contribution in [1.29, 1.82) is 0 Å². The first-order valence-corrected chi connectivity index (χ1v) is 10.4. The van der Waals surface area contributed by atoms with Crippen molar-refractivity contribution >= 4 is 29.0 Å². The van der Waals surface area contributed by atoms with Gasteiger partial charge in [0.25, 0.3) is 0 Å². The van der Waals surface area contributed by atoms with E-state index in [1.165, 1.54) is 6.07 Å². The van der Waals surface area contributed by atoms with Gasteiger partial charge >= 0.3 is 0 Å². The van der Waals surface area contributed by atoms with Crippen molar-refractivity contribution in [3.05, 3.63) is 46.1 Å². The van der Waals surface area contributed by atoms with Crippen LogP contribution in [0.3, 0.4) is 0 Å². The van der Waals surface area contributed by atoms with Gasteiger partial charge in [0.05, 0.1) is 35.4 Å². The number of amidine groups is 1. The lowest BCUT2D eigenvalue weighted by atomic mass is 9.99. The van der Waals surface area contributed by atoms with Gasteiger partial charge in [0.2, 0.25) is 0 Å². The smallest absolute Gasteiger partial charge is 0.160 e. The summed E-state index contributed by atoms with van der Waals surface area (Å²) in [5.41, 5.74) is 3.28. The van der Waals surface area contributed by atoms with Gasteiger partial charge in [-0.05, 0) is 24.6 Å². The molecule has 9 nitrogen and oxygen atoms in total.